The van der Waals surface area contributed by atoms with E-state index in [1.807, 2.05) is 6.92 Å². The van der Waals surface area contributed by atoms with Gasteiger partial charge >= 0.3 is 0 Å². The normalized spacial score (nSPS) is 15.6. The molecule has 5 heteroatoms. The molecule has 94 valence electrons. The molecule has 17 heavy (non-hydrogen) atoms. The van der Waals surface area contributed by atoms with Gasteiger partial charge in [-0.05, 0) is 25.2 Å². The van der Waals surface area contributed by atoms with Gasteiger partial charge in [0.05, 0.1) is 11.9 Å². The molecule has 1 N–H and O–H groups in total. The molecule has 0 saturated heterocycles. The van der Waals surface area contributed by atoms with Gasteiger partial charge in [-0.15, -0.1) is 0 Å². The second-order valence-corrected chi connectivity index (χ2v) is 4.96. The van der Waals surface area contributed by atoms with E-state index in [0.717, 1.165) is 18.9 Å². The molecule has 0 spiro atoms. The van der Waals surface area contributed by atoms with Crippen molar-refractivity contribution < 1.29 is 0 Å². The Balaban J connectivity index is 2.06. The molecule has 1 fully saturated rings. The maximum atomic E-state index is 11.8. The van der Waals surface area contributed by atoms with Crippen LogP contribution >= 0.6 is 11.6 Å². The van der Waals surface area contributed by atoms with Gasteiger partial charge in [-0.2, -0.15) is 5.10 Å². The number of nitrogens with one attached hydrogen (secondary N) is 1. The van der Waals surface area contributed by atoms with Crippen molar-refractivity contribution >= 4 is 17.3 Å². The third-order valence-corrected chi connectivity index (χ3v) is 3.59. The summed E-state index contributed by atoms with van der Waals surface area (Å²) in [6, 6.07) is 0. The standard InChI is InChI=1S/C12H18ClN3O/c1-2-6-16-12(17)11(13)10(8-15-16)14-7-9-4-3-5-9/h8-9,14H,2-7H2,1H3. The highest BCUT2D eigenvalue weighted by Crippen LogP contribution is 2.27. The fourth-order valence-electron chi connectivity index (χ4n) is 1.91. The van der Waals surface area contributed by atoms with Gasteiger partial charge in [0.25, 0.3) is 5.56 Å². The summed E-state index contributed by atoms with van der Waals surface area (Å²) in [6.45, 7) is 3.50. The quantitative estimate of drug-likeness (QED) is 0.880. The molecule has 0 amide bonds. The zero-order valence-corrected chi connectivity index (χ0v) is 10.8. The Labute approximate surface area is 106 Å². The van der Waals surface area contributed by atoms with Gasteiger partial charge in [0.1, 0.15) is 5.02 Å². The summed E-state index contributed by atoms with van der Waals surface area (Å²) >= 11 is 6.04. The smallest absolute Gasteiger partial charge is 0.287 e. The third kappa shape index (κ3) is 2.80. The molecule has 1 saturated carbocycles. The number of rotatable bonds is 5. The van der Waals surface area contributed by atoms with E-state index in [4.69, 9.17) is 11.6 Å². The maximum absolute atomic E-state index is 11.8. The molecule has 4 nitrogen and oxygen atoms in total. The summed E-state index contributed by atoms with van der Waals surface area (Å²) in [5.74, 6) is 0.726. The van der Waals surface area contributed by atoms with Crippen molar-refractivity contribution in [2.75, 3.05) is 11.9 Å². The van der Waals surface area contributed by atoms with E-state index in [-0.39, 0.29) is 10.6 Å². The van der Waals surface area contributed by atoms with Crippen LogP contribution in [-0.4, -0.2) is 16.3 Å². The van der Waals surface area contributed by atoms with Gasteiger partial charge in [0.15, 0.2) is 0 Å². The van der Waals surface area contributed by atoms with Crippen LogP contribution in [-0.2, 0) is 6.54 Å². The molecule has 0 radical (unpaired) electrons. The highest BCUT2D eigenvalue weighted by molar-refractivity contribution is 6.32. The number of aromatic nitrogens is 2. The molecule has 0 unspecified atom stereocenters. The second-order valence-electron chi connectivity index (χ2n) is 4.58. The van der Waals surface area contributed by atoms with Crippen LogP contribution in [0.4, 0.5) is 5.69 Å². The van der Waals surface area contributed by atoms with Crippen molar-refractivity contribution in [2.24, 2.45) is 5.92 Å². The largest absolute Gasteiger partial charge is 0.382 e. The Morgan fingerprint density at radius 3 is 2.94 bits per heavy atom. The molecule has 0 aliphatic heterocycles. The highest BCUT2D eigenvalue weighted by Gasteiger charge is 2.17. The van der Waals surface area contributed by atoms with Gasteiger partial charge in [-0.3, -0.25) is 4.79 Å². The lowest BCUT2D eigenvalue weighted by molar-refractivity contribution is 0.333. The van der Waals surface area contributed by atoms with Crippen LogP contribution in [0.3, 0.4) is 0 Å². The molecule has 0 bridgehead atoms. The Bertz CT molecular complexity index is 440. The van der Waals surface area contributed by atoms with Crippen molar-refractivity contribution in [2.45, 2.75) is 39.2 Å². The van der Waals surface area contributed by atoms with E-state index in [2.05, 4.69) is 10.4 Å². The van der Waals surface area contributed by atoms with Gasteiger partial charge in [0.2, 0.25) is 0 Å². The number of hydrogen-bond donors (Lipinski definition) is 1. The topological polar surface area (TPSA) is 46.9 Å². The molecule has 2 rings (SSSR count). The lowest BCUT2D eigenvalue weighted by atomic mass is 9.85. The van der Waals surface area contributed by atoms with Crippen LogP contribution in [0.5, 0.6) is 0 Å². The molecule has 1 heterocycles. The molecule has 1 aliphatic rings. The average Bonchev–Trinajstić information content (AvgIpc) is 2.26. The van der Waals surface area contributed by atoms with Crippen molar-refractivity contribution in [3.8, 4) is 0 Å². The molecule has 1 aliphatic carbocycles. The Hall–Kier alpha value is -1.03. The van der Waals surface area contributed by atoms with Crippen LogP contribution in [0.25, 0.3) is 0 Å². The SMILES string of the molecule is CCCn1ncc(NCC2CCC2)c(Cl)c1=O. The number of nitrogens with zero attached hydrogens (tertiary/aromatic N) is 2. The first-order valence-electron chi connectivity index (χ1n) is 6.22. The van der Waals surface area contributed by atoms with Crippen LogP contribution < -0.4 is 10.9 Å². The van der Waals surface area contributed by atoms with Crippen LogP contribution in [0.15, 0.2) is 11.0 Å². The monoisotopic (exact) mass is 255 g/mol. The molecule has 0 aromatic carbocycles. The predicted molar refractivity (Wildman–Crippen MR) is 69.6 cm³/mol. The van der Waals surface area contributed by atoms with Gasteiger partial charge in [0, 0.05) is 13.1 Å². The van der Waals surface area contributed by atoms with E-state index in [0.29, 0.717) is 12.2 Å². The molecule has 1 aromatic rings. The summed E-state index contributed by atoms with van der Waals surface area (Å²) in [7, 11) is 0. The fraction of sp³-hybridized carbons (Fsp3) is 0.667. The minimum Gasteiger partial charge on any atom is -0.382 e. The van der Waals surface area contributed by atoms with Crippen molar-refractivity contribution in [3.05, 3.63) is 21.6 Å². The van der Waals surface area contributed by atoms with Gasteiger partial charge < -0.3 is 5.32 Å². The Morgan fingerprint density at radius 2 is 2.35 bits per heavy atom. The Morgan fingerprint density at radius 1 is 1.59 bits per heavy atom. The summed E-state index contributed by atoms with van der Waals surface area (Å²) in [5.41, 5.74) is 0.461. The number of anilines is 1. The first kappa shape index (κ1) is 12.4. The van der Waals surface area contributed by atoms with E-state index in [1.165, 1.54) is 23.9 Å². The van der Waals surface area contributed by atoms with Crippen molar-refractivity contribution in [1.29, 1.82) is 0 Å². The van der Waals surface area contributed by atoms with Crippen LogP contribution in [0.2, 0.25) is 5.02 Å². The second kappa shape index (κ2) is 5.54. The predicted octanol–water partition coefficient (Wildman–Crippen LogP) is 2.52. The number of hydrogen-bond acceptors (Lipinski definition) is 3. The van der Waals surface area contributed by atoms with Crippen molar-refractivity contribution in [3.63, 3.8) is 0 Å². The average molecular weight is 256 g/mol. The zero-order chi connectivity index (χ0) is 12.3. The summed E-state index contributed by atoms with van der Waals surface area (Å²) < 4.78 is 1.41. The van der Waals surface area contributed by atoms with E-state index in [1.54, 1.807) is 6.20 Å². The van der Waals surface area contributed by atoms with Gasteiger partial charge in [-0.25, -0.2) is 4.68 Å². The lowest BCUT2D eigenvalue weighted by Gasteiger charge is -2.25. The van der Waals surface area contributed by atoms with Gasteiger partial charge in [-0.1, -0.05) is 24.9 Å². The highest BCUT2D eigenvalue weighted by atomic mass is 35.5. The summed E-state index contributed by atoms with van der Waals surface area (Å²) in [5, 5.41) is 7.58. The molecule has 1 aromatic heterocycles. The minimum atomic E-state index is -0.202. The molecule has 0 atom stereocenters. The third-order valence-electron chi connectivity index (χ3n) is 3.23. The number of aryl methyl sites for hydroxylation is 1. The first-order chi connectivity index (χ1) is 8.22. The molecular formula is C12H18ClN3O. The summed E-state index contributed by atoms with van der Waals surface area (Å²) in [6.07, 6.45) is 6.38. The van der Waals surface area contributed by atoms with E-state index < -0.39 is 0 Å². The zero-order valence-electron chi connectivity index (χ0n) is 10.1. The van der Waals surface area contributed by atoms with Crippen LogP contribution in [0.1, 0.15) is 32.6 Å². The van der Waals surface area contributed by atoms with E-state index in [9.17, 15) is 4.79 Å². The lowest BCUT2D eigenvalue weighted by Crippen LogP contribution is -2.26. The minimum absolute atomic E-state index is 0.202. The Kier molecular flexibility index (Phi) is 4.05. The van der Waals surface area contributed by atoms with E-state index >= 15 is 0 Å². The summed E-state index contributed by atoms with van der Waals surface area (Å²) in [4.78, 5) is 11.8. The van der Waals surface area contributed by atoms with Crippen molar-refractivity contribution in [1.82, 2.24) is 9.78 Å². The molecular weight excluding hydrogens is 238 g/mol. The maximum Gasteiger partial charge on any atom is 0.287 e. The number of halogens is 1. The fourth-order valence-corrected chi connectivity index (χ4v) is 2.12. The first-order valence-corrected chi connectivity index (χ1v) is 6.59. The van der Waals surface area contributed by atoms with Crippen LogP contribution in [0, 0.1) is 5.92 Å².